The van der Waals surface area contributed by atoms with Gasteiger partial charge < -0.3 is 15.0 Å². The molecule has 2 amide bonds. The highest BCUT2D eigenvalue weighted by Crippen LogP contribution is 2.34. The van der Waals surface area contributed by atoms with E-state index in [1.807, 2.05) is 45.0 Å². The maximum atomic E-state index is 13.8. The Labute approximate surface area is 224 Å². The molecule has 2 rings (SSSR count). The second-order valence-electron chi connectivity index (χ2n) is 9.07. The van der Waals surface area contributed by atoms with E-state index >= 15 is 0 Å². The summed E-state index contributed by atoms with van der Waals surface area (Å²) >= 11 is 0. The maximum absolute atomic E-state index is 13.8. The van der Waals surface area contributed by atoms with Gasteiger partial charge in [-0.1, -0.05) is 38.1 Å². The lowest BCUT2D eigenvalue weighted by Crippen LogP contribution is -2.53. The van der Waals surface area contributed by atoms with Gasteiger partial charge in [-0.05, 0) is 43.9 Å². The average Bonchev–Trinajstić information content (AvgIpc) is 2.86. The number of ether oxygens (including phenoxy) is 1. The van der Waals surface area contributed by atoms with Crippen LogP contribution < -0.4 is 14.4 Å². The minimum atomic E-state index is -4.10. The molecule has 11 nitrogen and oxygen atoms in total. The highest BCUT2D eigenvalue weighted by Gasteiger charge is 2.33. The number of aryl methyl sites for hydroxylation is 1. The third-order valence-electron chi connectivity index (χ3n) is 6.31. The summed E-state index contributed by atoms with van der Waals surface area (Å²) in [6, 6.07) is 9.92. The van der Waals surface area contributed by atoms with E-state index < -0.39 is 33.4 Å². The Morgan fingerprint density at radius 2 is 1.79 bits per heavy atom. The van der Waals surface area contributed by atoms with E-state index in [1.165, 1.54) is 24.1 Å². The van der Waals surface area contributed by atoms with Gasteiger partial charge in [0.2, 0.25) is 21.8 Å². The second kappa shape index (κ2) is 13.2. The zero-order valence-electron chi connectivity index (χ0n) is 22.6. The number of rotatable bonds is 13. The standard InChI is InChI=1S/C26H36N4O7S/c1-7-19(4)27-26(32)22(8-2)28(16-20-12-10-9-11-18(20)3)25(31)17-29(38(6,35)36)23-15-21(30(33)34)13-14-24(23)37-5/h9-15,19,22H,7-8,16-17H2,1-6H3,(H,27,32). The van der Waals surface area contributed by atoms with Gasteiger partial charge in [-0.2, -0.15) is 0 Å². The van der Waals surface area contributed by atoms with Crippen LogP contribution in [0.3, 0.4) is 0 Å². The Morgan fingerprint density at radius 3 is 2.32 bits per heavy atom. The van der Waals surface area contributed by atoms with E-state index in [4.69, 9.17) is 4.74 Å². The fourth-order valence-electron chi connectivity index (χ4n) is 3.91. The molecule has 2 aromatic rings. The number of sulfonamides is 1. The van der Waals surface area contributed by atoms with E-state index in [9.17, 15) is 28.1 Å². The molecule has 2 unspecified atom stereocenters. The van der Waals surface area contributed by atoms with Crippen LogP contribution in [0.2, 0.25) is 0 Å². The normalized spacial score (nSPS) is 12.8. The number of amides is 2. The highest BCUT2D eigenvalue weighted by molar-refractivity contribution is 7.92. The van der Waals surface area contributed by atoms with Gasteiger partial charge in [0.25, 0.3) is 5.69 Å². The molecule has 0 saturated heterocycles. The minimum absolute atomic E-state index is 0.0424. The molecule has 0 saturated carbocycles. The minimum Gasteiger partial charge on any atom is -0.495 e. The molecule has 2 aromatic carbocycles. The molecule has 208 valence electrons. The van der Waals surface area contributed by atoms with Gasteiger partial charge in [-0.3, -0.25) is 24.0 Å². The lowest BCUT2D eigenvalue weighted by Gasteiger charge is -2.34. The van der Waals surface area contributed by atoms with Crippen molar-refractivity contribution in [3.8, 4) is 5.75 Å². The van der Waals surface area contributed by atoms with Crippen molar-refractivity contribution in [1.29, 1.82) is 0 Å². The van der Waals surface area contributed by atoms with Gasteiger partial charge in [-0.15, -0.1) is 0 Å². The van der Waals surface area contributed by atoms with Gasteiger partial charge in [0.15, 0.2) is 0 Å². The number of non-ortho nitro benzene ring substituents is 1. The van der Waals surface area contributed by atoms with Crippen LogP contribution >= 0.6 is 0 Å². The molecule has 38 heavy (non-hydrogen) atoms. The highest BCUT2D eigenvalue weighted by atomic mass is 32.2. The molecule has 0 aromatic heterocycles. The Hall–Kier alpha value is -3.67. The van der Waals surface area contributed by atoms with Crippen molar-refractivity contribution in [1.82, 2.24) is 10.2 Å². The Balaban J connectivity index is 2.58. The topological polar surface area (TPSA) is 139 Å². The molecule has 0 aliphatic heterocycles. The van der Waals surface area contributed by atoms with Crippen LogP contribution in [0.25, 0.3) is 0 Å². The molecular formula is C26H36N4O7S. The van der Waals surface area contributed by atoms with Crippen molar-refractivity contribution in [3.63, 3.8) is 0 Å². The number of carbonyl (C=O) groups excluding carboxylic acids is 2. The number of anilines is 1. The van der Waals surface area contributed by atoms with E-state index in [1.54, 1.807) is 6.92 Å². The van der Waals surface area contributed by atoms with Crippen LogP contribution in [-0.2, 0) is 26.2 Å². The number of nitrogens with zero attached hydrogens (tertiary/aromatic N) is 3. The molecule has 0 spiro atoms. The van der Waals surface area contributed by atoms with Crippen molar-refractivity contribution in [2.24, 2.45) is 0 Å². The van der Waals surface area contributed by atoms with Gasteiger partial charge in [0.1, 0.15) is 24.0 Å². The Kier molecular flexibility index (Phi) is 10.6. The number of nitro groups is 1. The molecule has 0 radical (unpaired) electrons. The van der Waals surface area contributed by atoms with Gasteiger partial charge in [-0.25, -0.2) is 8.42 Å². The van der Waals surface area contributed by atoms with Gasteiger partial charge >= 0.3 is 0 Å². The second-order valence-corrected chi connectivity index (χ2v) is 11.0. The van der Waals surface area contributed by atoms with Crippen molar-refractivity contribution >= 4 is 33.2 Å². The van der Waals surface area contributed by atoms with E-state index in [2.05, 4.69) is 5.32 Å². The predicted molar refractivity (Wildman–Crippen MR) is 146 cm³/mol. The molecular weight excluding hydrogens is 512 g/mol. The number of benzene rings is 2. The lowest BCUT2D eigenvalue weighted by atomic mass is 10.1. The molecule has 1 N–H and O–H groups in total. The summed E-state index contributed by atoms with van der Waals surface area (Å²) in [5.41, 5.74) is 1.20. The van der Waals surface area contributed by atoms with Crippen LogP contribution in [-0.4, -0.2) is 62.0 Å². The van der Waals surface area contributed by atoms with Crippen molar-refractivity contribution in [2.45, 2.75) is 59.2 Å². The third-order valence-corrected chi connectivity index (χ3v) is 7.44. The summed E-state index contributed by atoms with van der Waals surface area (Å²) in [5, 5.41) is 14.3. The van der Waals surface area contributed by atoms with Crippen LogP contribution in [0.5, 0.6) is 5.75 Å². The van der Waals surface area contributed by atoms with E-state index in [-0.39, 0.29) is 35.6 Å². The van der Waals surface area contributed by atoms with Crippen LogP contribution in [0.1, 0.15) is 44.7 Å². The summed E-state index contributed by atoms with van der Waals surface area (Å²) in [6.45, 7) is 6.83. The molecule has 2 atom stereocenters. The van der Waals surface area contributed by atoms with Gasteiger partial charge in [0, 0.05) is 24.7 Å². The summed E-state index contributed by atoms with van der Waals surface area (Å²) in [4.78, 5) is 39.1. The lowest BCUT2D eigenvalue weighted by molar-refractivity contribution is -0.384. The Bertz CT molecular complexity index is 1270. The fourth-order valence-corrected chi connectivity index (χ4v) is 4.76. The first-order valence-corrected chi connectivity index (χ1v) is 14.1. The number of hydrogen-bond acceptors (Lipinski definition) is 7. The first-order chi connectivity index (χ1) is 17.8. The number of methoxy groups -OCH3 is 1. The number of nitro benzene ring substituents is 1. The summed E-state index contributed by atoms with van der Waals surface area (Å²) in [7, 11) is -2.80. The fraction of sp³-hybridized carbons (Fsp3) is 0.462. The van der Waals surface area contributed by atoms with Crippen LogP contribution in [0.15, 0.2) is 42.5 Å². The number of carbonyl (C=O) groups is 2. The SMILES string of the molecule is CCC(C)NC(=O)C(CC)N(Cc1ccccc1C)C(=O)CN(c1cc([N+](=O)[O-])ccc1OC)S(C)(=O)=O. The first kappa shape index (κ1) is 30.6. The predicted octanol–water partition coefficient (Wildman–Crippen LogP) is 3.40. The van der Waals surface area contributed by atoms with E-state index in [0.717, 1.165) is 27.8 Å². The molecule has 0 fully saturated rings. The maximum Gasteiger partial charge on any atom is 0.271 e. The van der Waals surface area contributed by atoms with E-state index in [0.29, 0.717) is 12.8 Å². The van der Waals surface area contributed by atoms with Crippen molar-refractivity contribution < 1.29 is 27.7 Å². The van der Waals surface area contributed by atoms with Crippen molar-refractivity contribution in [3.05, 3.63) is 63.7 Å². The molecule has 0 aliphatic rings. The smallest absolute Gasteiger partial charge is 0.271 e. The summed E-state index contributed by atoms with van der Waals surface area (Å²) < 4.78 is 31.7. The monoisotopic (exact) mass is 548 g/mol. The molecule has 12 heteroatoms. The Morgan fingerprint density at radius 1 is 1.13 bits per heavy atom. The number of nitrogens with one attached hydrogen (secondary N) is 1. The van der Waals surface area contributed by atoms with Crippen LogP contribution in [0, 0.1) is 17.0 Å². The summed E-state index contributed by atoms with van der Waals surface area (Å²) in [5.74, 6) is -0.943. The molecule has 0 bridgehead atoms. The zero-order chi connectivity index (χ0) is 28.6. The average molecular weight is 549 g/mol. The van der Waals surface area contributed by atoms with Crippen molar-refractivity contribution in [2.75, 3.05) is 24.2 Å². The third kappa shape index (κ3) is 7.67. The molecule has 0 aliphatic carbocycles. The summed E-state index contributed by atoms with van der Waals surface area (Å²) in [6.07, 6.45) is 1.89. The van der Waals surface area contributed by atoms with Gasteiger partial charge in [0.05, 0.1) is 18.3 Å². The first-order valence-electron chi connectivity index (χ1n) is 12.3. The largest absolute Gasteiger partial charge is 0.495 e. The quantitative estimate of drug-likeness (QED) is 0.299. The van der Waals surface area contributed by atoms with Crippen LogP contribution in [0.4, 0.5) is 11.4 Å². The zero-order valence-corrected chi connectivity index (χ0v) is 23.4. The molecule has 0 heterocycles. The number of hydrogen-bond donors (Lipinski definition) is 1.